The third-order valence-electron chi connectivity index (χ3n) is 4.78. The fourth-order valence-electron chi connectivity index (χ4n) is 3.21. The second-order valence-electron chi connectivity index (χ2n) is 6.61. The van der Waals surface area contributed by atoms with Gasteiger partial charge in [-0.15, -0.1) is 0 Å². The number of aromatic nitrogens is 4. The standard InChI is InChI=1S/C21H19N5O2S/c1-13-20(28)18(16(12-27)10-22-13)11-23-26-19(24-25-21(26)29)9-15-7-4-6-14-5-2-3-8-17(14)15/h2-8,10-11,27-28H,9,12H2,1H3,(H,25,29)/b23-11+. The van der Waals surface area contributed by atoms with Crippen molar-refractivity contribution in [3.05, 3.63) is 81.6 Å². The number of aromatic amines is 1. The van der Waals surface area contributed by atoms with Crippen molar-refractivity contribution in [1.82, 2.24) is 19.9 Å². The molecule has 4 aromatic rings. The highest BCUT2D eigenvalue weighted by Crippen LogP contribution is 2.23. The molecule has 146 valence electrons. The number of aromatic hydroxyl groups is 1. The van der Waals surface area contributed by atoms with Crippen LogP contribution in [-0.2, 0) is 13.0 Å². The molecule has 0 fully saturated rings. The average Bonchev–Trinajstić information content (AvgIpc) is 3.08. The van der Waals surface area contributed by atoms with Crippen LogP contribution in [0.3, 0.4) is 0 Å². The number of pyridine rings is 1. The van der Waals surface area contributed by atoms with Crippen molar-refractivity contribution in [3.63, 3.8) is 0 Å². The molecule has 0 atom stereocenters. The van der Waals surface area contributed by atoms with Gasteiger partial charge in [0.05, 0.1) is 18.5 Å². The zero-order valence-corrected chi connectivity index (χ0v) is 16.5. The van der Waals surface area contributed by atoms with Crippen molar-refractivity contribution < 1.29 is 10.2 Å². The molecule has 0 radical (unpaired) electrons. The summed E-state index contributed by atoms with van der Waals surface area (Å²) >= 11 is 5.33. The Morgan fingerprint density at radius 2 is 1.97 bits per heavy atom. The molecule has 0 saturated carbocycles. The summed E-state index contributed by atoms with van der Waals surface area (Å²) in [5.74, 6) is 0.615. The minimum atomic E-state index is -0.262. The Kier molecular flexibility index (Phi) is 5.20. The Hall–Kier alpha value is -3.36. The van der Waals surface area contributed by atoms with Crippen molar-refractivity contribution in [2.45, 2.75) is 20.0 Å². The van der Waals surface area contributed by atoms with Gasteiger partial charge in [-0.25, -0.2) is 0 Å². The zero-order chi connectivity index (χ0) is 20.4. The molecule has 0 spiro atoms. The van der Waals surface area contributed by atoms with Gasteiger partial charge in [0, 0.05) is 23.7 Å². The molecule has 2 aromatic carbocycles. The maximum atomic E-state index is 10.3. The first-order chi connectivity index (χ1) is 14.1. The number of aliphatic hydroxyl groups is 1. The van der Waals surface area contributed by atoms with Crippen LogP contribution in [0.4, 0.5) is 0 Å². The lowest BCUT2D eigenvalue weighted by Gasteiger charge is -2.08. The van der Waals surface area contributed by atoms with E-state index in [4.69, 9.17) is 12.2 Å². The third-order valence-corrected chi connectivity index (χ3v) is 5.04. The van der Waals surface area contributed by atoms with E-state index in [9.17, 15) is 10.2 Å². The molecule has 0 aliphatic carbocycles. The molecule has 0 saturated heterocycles. The Labute approximate surface area is 172 Å². The minimum absolute atomic E-state index is 0.0223. The number of nitrogens with one attached hydrogen (secondary N) is 1. The number of nitrogens with zero attached hydrogens (tertiary/aromatic N) is 4. The van der Waals surface area contributed by atoms with Gasteiger partial charge in [0.2, 0.25) is 4.77 Å². The van der Waals surface area contributed by atoms with Crippen LogP contribution >= 0.6 is 12.2 Å². The second kappa shape index (κ2) is 7.94. The summed E-state index contributed by atoms with van der Waals surface area (Å²) in [5.41, 5.74) is 2.43. The topological polar surface area (TPSA) is 99.3 Å². The van der Waals surface area contributed by atoms with Crippen LogP contribution in [0.25, 0.3) is 10.8 Å². The summed E-state index contributed by atoms with van der Waals surface area (Å²) in [5, 5.41) is 33.7. The highest BCUT2D eigenvalue weighted by atomic mass is 32.1. The van der Waals surface area contributed by atoms with E-state index >= 15 is 0 Å². The lowest BCUT2D eigenvalue weighted by atomic mass is 10.0. The molecule has 0 aliphatic rings. The van der Waals surface area contributed by atoms with E-state index < -0.39 is 0 Å². The van der Waals surface area contributed by atoms with Crippen molar-refractivity contribution >= 4 is 29.2 Å². The van der Waals surface area contributed by atoms with Crippen molar-refractivity contribution in [2.75, 3.05) is 0 Å². The van der Waals surface area contributed by atoms with Crippen LogP contribution in [0.15, 0.2) is 53.8 Å². The average molecular weight is 405 g/mol. The Morgan fingerprint density at radius 1 is 1.17 bits per heavy atom. The summed E-state index contributed by atoms with van der Waals surface area (Å²) < 4.78 is 1.86. The number of hydrogen-bond acceptors (Lipinski definition) is 6. The van der Waals surface area contributed by atoms with Crippen LogP contribution in [0.1, 0.15) is 28.2 Å². The van der Waals surface area contributed by atoms with Crippen molar-refractivity contribution in [1.29, 1.82) is 0 Å². The molecule has 0 aliphatic heterocycles. The number of rotatable bonds is 5. The first kappa shape index (κ1) is 19.0. The zero-order valence-electron chi connectivity index (χ0n) is 15.7. The van der Waals surface area contributed by atoms with E-state index in [0.29, 0.717) is 33.8 Å². The first-order valence-electron chi connectivity index (χ1n) is 9.04. The Morgan fingerprint density at radius 3 is 2.79 bits per heavy atom. The number of aliphatic hydroxyl groups excluding tert-OH is 1. The second-order valence-corrected chi connectivity index (χ2v) is 6.99. The van der Waals surface area contributed by atoms with Gasteiger partial charge in [0.15, 0.2) is 5.82 Å². The largest absolute Gasteiger partial charge is 0.505 e. The van der Waals surface area contributed by atoms with Crippen LogP contribution < -0.4 is 0 Å². The smallest absolute Gasteiger partial charge is 0.216 e. The summed E-state index contributed by atoms with van der Waals surface area (Å²) in [6.45, 7) is 1.42. The fourth-order valence-corrected chi connectivity index (χ4v) is 3.41. The lowest BCUT2D eigenvalue weighted by molar-refractivity contribution is 0.280. The molecule has 7 nitrogen and oxygen atoms in total. The molecule has 3 N–H and O–H groups in total. The number of H-pyrrole nitrogens is 1. The molecule has 2 aromatic heterocycles. The molecule has 0 amide bonds. The van der Waals surface area contributed by atoms with Crippen LogP contribution in [0, 0.1) is 11.7 Å². The minimum Gasteiger partial charge on any atom is -0.505 e. The number of hydrogen-bond donors (Lipinski definition) is 3. The molecule has 2 heterocycles. The van der Waals surface area contributed by atoms with E-state index in [-0.39, 0.29) is 12.4 Å². The molecule has 29 heavy (non-hydrogen) atoms. The lowest BCUT2D eigenvalue weighted by Crippen LogP contribution is -2.03. The van der Waals surface area contributed by atoms with Crippen molar-refractivity contribution in [3.8, 4) is 5.75 Å². The summed E-state index contributed by atoms with van der Waals surface area (Å²) in [6, 6.07) is 14.3. The van der Waals surface area contributed by atoms with Gasteiger partial charge < -0.3 is 10.2 Å². The van der Waals surface area contributed by atoms with E-state index in [0.717, 1.165) is 16.3 Å². The van der Waals surface area contributed by atoms with Gasteiger partial charge in [-0.3, -0.25) is 10.1 Å². The van der Waals surface area contributed by atoms with Gasteiger partial charge in [0.1, 0.15) is 5.75 Å². The SMILES string of the molecule is Cc1ncc(CO)c(/C=N/n2c(Cc3cccc4ccccc34)n[nH]c2=S)c1O. The van der Waals surface area contributed by atoms with Crippen LogP contribution in [0.5, 0.6) is 5.75 Å². The van der Waals surface area contributed by atoms with Gasteiger partial charge in [-0.2, -0.15) is 14.9 Å². The number of aryl methyl sites for hydroxylation is 1. The summed E-state index contributed by atoms with van der Waals surface area (Å²) in [7, 11) is 0. The quantitative estimate of drug-likeness (QED) is 0.349. The normalized spacial score (nSPS) is 11.5. The maximum Gasteiger partial charge on any atom is 0.216 e. The number of fused-ring (bicyclic) bond motifs is 1. The van der Waals surface area contributed by atoms with E-state index in [1.165, 1.54) is 17.1 Å². The fraction of sp³-hybridized carbons (Fsp3) is 0.143. The first-order valence-corrected chi connectivity index (χ1v) is 9.45. The Balaban J connectivity index is 1.73. The highest BCUT2D eigenvalue weighted by molar-refractivity contribution is 7.71. The van der Waals surface area contributed by atoms with Crippen LogP contribution in [0.2, 0.25) is 0 Å². The molecule has 0 bridgehead atoms. The summed E-state index contributed by atoms with van der Waals surface area (Å²) in [4.78, 5) is 4.06. The molecule has 4 rings (SSSR count). The third kappa shape index (κ3) is 3.67. The summed E-state index contributed by atoms with van der Waals surface area (Å²) in [6.07, 6.45) is 3.51. The molecule has 0 unspecified atom stereocenters. The van der Waals surface area contributed by atoms with E-state index in [2.05, 4.69) is 44.5 Å². The molecular formula is C21H19N5O2S. The van der Waals surface area contributed by atoms with Crippen LogP contribution in [-0.4, -0.2) is 36.3 Å². The monoisotopic (exact) mass is 405 g/mol. The predicted molar refractivity (Wildman–Crippen MR) is 114 cm³/mol. The van der Waals surface area contributed by atoms with Crippen molar-refractivity contribution in [2.24, 2.45) is 5.10 Å². The van der Waals surface area contributed by atoms with Gasteiger partial charge in [-0.1, -0.05) is 42.5 Å². The van der Waals surface area contributed by atoms with E-state index in [1.807, 2.05) is 18.2 Å². The van der Waals surface area contributed by atoms with Gasteiger partial charge in [0.25, 0.3) is 0 Å². The predicted octanol–water partition coefficient (Wildman–Crippen LogP) is 3.47. The highest BCUT2D eigenvalue weighted by Gasteiger charge is 2.12. The Bertz CT molecular complexity index is 1270. The maximum absolute atomic E-state index is 10.3. The molecule has 8 heteroatoms. The van der Waals surface area contributed by atoms with Gasteiger partial charge >= 0.3 is 0 Å². The van der Waals surface area contributed by atoms with Gasteiger partial charge in [-0.05, 0) is 35.5 Å². The molecular weight excluding hydrogens is 386 g/mol. The number of benzene rings is 2. The van der Waals surface area contributed by atoms with E-state index in [1.54, 1.807) is 6.92 Å².